The van der Waals surface area contributed by atoms with Crippen molar-refractivity contribution in [2.45, 2.75) is 32.3 Å². The van der Waals surface area contributed by atoms with E-state index in [9.17, 15) is 14.4 Å². The van der Waals surface area contributed by atoms with Gasteiger partial charge in [0.05, 0.1) is 0 Å². The Hall–Kier alpha value is -2.76. The summed E-state index contributed by atoms with van der Waals surface area (Å²) in [7, 11) is 1.44. The van der Waals surface area contributed by atoms with Crippen molar-refractivity contribution in [3.8, 4) is 0 Å². The van der Waals surface area contributed by atoms with E-state index in [1.807, 2.05) is 12.1 Å². The highest BCUT2D eigenvalue weighted by atomic mass is 16.5. The molecule has 0 saturated heterocycles. The van der Waals surface area contributed by atoms with E-state index in [1.165, 1.54) is 37.2 Å². The highest BCUT2D eigenvalue weighted by molar-refractivity contribution is 6.01. The minimum atomic E-state index is -0.920. The fourth-order valence-corrected chi connectivity index (χ4v) is 2.85. The monoisotopic (exact) mass is 326 g/mol. The summed E-state index contributed by atoms with van der Waals surface area (Å²) in [5.74, 6) is -0.976. The molecule has 1 heterocycles. The van der Waals surface area contributed by atoms with Crippen molar-refractivity contribution >= 4 is 11.8 Å². The molecule has 1 aromatic carbocycles. The summed E-state index contributed by atoms with van der Waals surface area (Å²) in [5, 5.41) is 3.82. The minimum Gasteiger partial charge on any atom is -0.449 e. The second kappa shape index (κ2) is 6.39. The summed E-state index contributed by atoms with van der Waals surface area (Å²) >= 11 is 0. The lowest BCUT2D eigenvalue weighted by Crippen LogP contribution is -2.27. The molecule has 0 N–H and O–H groups in total. The molecule has 0 spiro atoms. The van der Waals surface area contributed by atoms with Crippen molar-refractivity contribution in [1.82, 2.24) is 9.78 Å². The highest BCUT2D eigenvalue weighted by Gasteiger charge is 2.23. The van der Waals surface area contributed by atoms with Gasteiger partial charge in [-0.25, -0.2) is 9.48 Å². The van der Waals surface area contributed by atoms with Crippen LogP contribution in [0.25, 0.3) is 0 Å². The molecule has 6 nitrogen and oxygen atoms in total. The summed E-state index contributed by atoms with van der Waals surface area (Å²) in [6.45, 7) is 1.54. The lowest BCUT2D eigenvalue weighted by atomic mass is 10.0. The number of fused-ring (bicyclic) bond motifs is 1. The van der Waals surface area contributed by atoms with Crippen LogP contribution in [0.3, 0.4) is 0 Å². The number of aromatic nitrogens is 2. The average molecular weight is 326 g/mol. The second-order valence-corrected chi connectivity index (χ2v) is 5.93. The van der Waals surface area contributed by atoms with Gasteiger partial charge in [0, 0.05) is 18.7 Å². The van der Waals surface area contributed by atoms with Crippen molar-refractivity contribution in [2.24, 2.45) is 7.05 Å². The Morgan fingerprint density at radius 2 is 1.92 bits per heavy atom. The largest absolute Gasteiger partial charge is 0.449 e. The number of ether oxygens (including phenoxy) is 1. The van der Waals surface area contributed by atoms with Gasteiger partial charge in [-0.3, -0.25) is 9.59 Å². The molecule has 0 aliphatic heterocycles. The third kappa shape index (κ3) is 3.13. The first-order valence-corrected chi connectivity index (χ1v) is 7.87. The molecule has 1 unspecified atom stereocenters. The first kappa shape index (κ1) is 16.1. The number of carbonyl (C=O) groups is 2. The van der Waals surface area contributed by atoms with Crippen LogP contribution in [0, 0.1) is 0 Å². The van der Waals surface area contributed by atoms with Crippen LogP contribution in [0.1, 0.15) is 45.3 Å². The predicted octanol–water partition coefficient (Wildman–Crippen LogP) is 1.70. The molecule has 0 fully saturated rings. The van der Waals surface area contributed by atoms with Gasteiger partial charge < -0.3 is 4.74 Å². The number of Topliss-reactive ketones (excluding diaryl/α,β-unsaturated/α-hetero) is 1. The SMILES string of the molecule is CC(OC(=O)c1ccc(=O)n(C)n1)C(=O)c1ccc2c(c1)CCC2. The Morgan fingerprint density at radius 1 is 1.17 bits per heavy atom. The molecule has 1 atom stereocenters. The van der Waals surface area contributed by atoms with E-state index >= 15 is 0 Å². The fourth-order valence-electron chi connectivity index (χ4n) is 2.85. The minimum absolute atomic E-state index is 0.00861. The zero-order valence-corrected chi connectivity index (χ0v) is 13.6. The van der Waals surface area contributed by atoms with E-state index in [2.05, 4.69) is 5.10 Å². The molecule has 0 saturated carbocycles. The lowest BCUT2D eigenvalue weighted by Gasteiger charge is -2.13. The molecule has 0 radical (unpaired) electrons. The molecule has 6 heteroatoms. The van der Waals surface area contributed by atoms with Crippen LogP contribution in [0.4, 0.5) is 0 Å². The summed E-state index contributed by atoms with van der Waals surface area (Å²) in [6.07, 6.45) is 2.21. The van der Waals surface area contributed by atoms with Crippen LogP contribution in [0.15, 0.2) is 35.1 Å². The van der Waals surface area contributed by atoms with Gasteiger partial charge in [0.1, 0.15) is 0 Å². The maximum absolute atomic E-state index is 12.5. The van der Waals surface area contributed by atoms with Crippen molar-refractivity contribution in [3.63, 3.8) is 0 Å². The molecule has 124 valence electrons. The van der Waals surface area contributed by atoms with Crippen LogP contribution in [0.2, 0.25) is 0 Å². The van der Waals surface area contributed by atoms with E-state index in [0.29, 0.717) is 5.56 Å². The number of hydrogen-bond acceptors (Lipinski definition) is 5. The maximum Gasteiger partial charge on any atom is 0.359 e. The van der Waals surface area contributed by atoms with Crippen molar-refractivity contribution in [2.75, 3.05) is 0 Å². The zero-order chi connectivity index (χ0) is 17.3. The first-order chi connectivity index (χ1) is 11.5. The Labute approximate surface area is 139 Å². The Kier molecular flexibility index (Phi) is 4.29. The predicted molar refractivity (Wildman–Crippen MR) is 87.2 cm³/mol. The number of carbonyl (C=O) groups excluding carboxylic acids is 2. The summed E-state index contributed by atoms with van der Waals surface area (Å²) in [5.41, 5.74) is 2.69. The van der Waals surface area contributed by atoms with Gasteiger partial charge in [0.2, 0.25) is 5.78 Å². The van der Waals surface area contributed by atoms with E-state index in [-0.39, 0.29) is 17.0 Å². The third-order valence-electron chi connectivity index (χ3n) is 4.21. The van der Waals surface area contributed by atoms with E-state index in [0.717, 1.165) is 23.9 Å². The highest BCUT2D eigenvalue weighted by Crippen LogP contribution is 2.23. The molecule has 24 heavy (non-hydrogen) atoms. The van der Waals surface area contributed by atoms with Gasteiger partial charge >= 0.3 is 5.97 Å². The van der Waals surface area contributed by atoms with Gasteiger partial charge in [0.15, 0.2) is 11.8 Å². The van der Waals surface area contributed by atoms with Crippen LogP contribution in [0.5, 0.6) is 0 Å². The summed E-state index contributed by atoms with van der Waals surface area (Å²) in [4.78, 5) is 35.9. The number of hydrogen-bond donors (Lipinski definition) is 0. The molecule has 1 aliphatic rings. The van der Waals surface area contributed by atoms with Crippen molar-refractivity contribution in [3.05, 3.63) is 63.1 Å². The van der Waals surface area contributed by atoms with E-state index in [1.54, 1.807) is 6.07 Å². The first-order valence-electron chi connectivity index (χ1n) is 7.87. The van der Waals surface area contributed by atoms with Gasteiger partial charge in [-0.1, -0.05) is 12.1 Å². The van der Waals surface area contributed by atoms with Gasteiger partial charge in [-0.15, -0.1) is 0 Å². The Balaban J connectivity index is 1.72. The molecule has 1 aromatic heterocycles. The lowest BCUT2D eigenvalue weighted by molar-refractivity contribution is 0.0310. The van der Waals surface area contributed by atoms with E-state index < -0.39 is 12.1 Å². The molecule has 1 aliphatic carbocycles. The molecular formula is C18H18N2O4. The Morgan fingerprint density at radius 3 is 2.67 bits per heavy atom. The quantitative estimate of drug-likeness (QED) is 0.631. The average Bonchev–Trinajstić information content (AvgIpc) is 3.04. The molecular weight excluding hydrogens is 308 g/mol. The number of rotatable bonds is 4. The molecule has 3 rings (SSSR count). The number of benzene rings is 1. The zero-order valence-electron chi connectivity index (χ0n) is 13.6. The maximum atomic E-state index is 12.5. The summed E-state index contributed by atoms with van der Waals surface area (Å²) < 4.78 is 6.25. The number of aryl methyl sites for hydroxylation is 3. The van der Waals surface area contributed by atoms with Crippen LogP contribution >= 0.6 is 0 Å². The number of nitrogens with zero attached hydrogens (tertiary/aromatic N) is 2. The van der Waals surface area contributed by atoms with Gasteiger partial charge in [0.25, 0.3) is 5.56 Å². The molecule has 0 bridgehead atoms. The Bertz CT molecular complexity index is 870. The molecule has 0 amide bonds. The van der Waals surface area contributed by atoms with Crippen LogP contribution < -0.4 is 5.56 Å². The topological polar surface area (TPSA) is 78.3 Å². The molecule has 2 aromatic rings. The smallest absolute Gasteiger partial charge is 0.359 e. The summed E-state index contributed by atoms with van der Waals surface area (Å²) in [6, 6.07) is 8.16. The van der Waals surface area contributed by atoms with Gasteiger partial charge in [-0.05, 0) is 49.4 Å². The second-order valence-electron chi connectivity index (χ2n) is 5.93. The van der Waals surface area contributed by atoms with Crippen molar-refractivity contribution in [1.29, 1.82) is 0 Å². The third-order valence-corrected chi connectivity index (χ3v) is 4.21. The normalized spacial score (nSPS) is 14.1. The number of ketones is 1. The standard InChI is InChI=1S/C18H18N2O4/c1-11(24-18(23)15-8-9-16(21)20(2)19-15)17(22)14-7-6-12-4-3-5-13(12)10-14/h6-11H,3-5H2,1-2H3. The number of esters is 1. The van der Waals surface area contributed by atoms with E-state index in [4.69, 9.17) is 4.74 Å². The van der Waals surface area contributed by atoms with Crippen molar-refractivity contribution < 1.29 is 14.3 Å². The van der Waals surface area contributed by atoms with Crippen LogP contribution in [-0.4, -0.2) is 27.6 Å². The fraction of sp³-hybridized carbons (Fsp3) is 0.333. The van der Waals surface area contributed by atoms with Gasteiger partial charge in [-0.2, -0.15) is 5.10 Å². The van der Waals surface area contributed by atoms with Crippen LogP contribution in [-0.2, 0) is 24.6 Å².